The Morgan fingerprint density at radius 1 is 1.00 bits per heavy atom. The minimum absolute atomic E-state index is 0.0900. The Balaban J connectivity index is 1.80. The lowest BCUT2D eigenvalue weighted by Crippen LogP contribution is -2.40. The van der Waals surface area contributed by atoms with Crippen LogP contribution < -0.4 is 14.4 Å². The molecule has 162 valence electrons. The molecule has 31 heavy (non-hydrogen) atoms. The molecule has 8 heteroatoms. The first-order valence-electron chi connectivity index (χ1n) is 9.72. The number of rotatable bonds is 9. The molecular weight excluding hydrogens is 436 g/mol. The SMILES string of the molecule is CCOc1cccc(CNC(=O)CN(c2cccc(Cl)c2)S(=O)(=O)c2ccccc2)c1. The predicted octanol–water partition coefficient (Wildman–Crippen LogP) is 4.25. The molecule has 0 saturated heterocycles. The van der Waals surface area contributed by atoms with Gasteiger partial charge in [-0.3, -0.25) is 9.10 Å². The van der Waals surface area contributed by atoms with Crippen LogP contribution in [-0.4, -0.2) is 27.5 Å². The van der Waals surface area contributed by atoms with Crippen molar-refractivity contribution in [3.8, 4) is 5.75 Å². The van der Waals surface area contributed by atoms with Gasteiger partial charge < -0.3 is 10.1 Å². The zero-order valence-corrected chi connectivity index (χ0v) is 18.6. The van der Waals surface area contributed by atoms with E-state index >= 15 is 0 Å². The summed E-state index contributed by atoms with van der Waals surface area (Å²) in [5.41, 5.74) is 1.16. The van der Waals surface area contributed by atoms with E-state index in [0.29, 0.717) is 23.1 Å². The Morgan fingerprint density at radius 2 is 1.74 bits per heavy atom. The first kappa shape index (κ1) is 22.7. The molecule has 0 aliphatic carbocycles. The molecule has 0 aliphatic heterocycles. The van der Waals surface area contributed by atoms with Gasteiger partial charge in [-0.1, -0.05) is 48.0 Å². The summed E-state index contributed by atoms with van der Waals surface area (Å²) in [7, 11) is -3.97. The van der Waals surface area contributed by atoms with Crippen molar-refractivity contribution in [3.05, 3.63) is 89.4 Å². The maximum Gasteiger partial charge on any atom is 0.264 e. The summed E-state index contributed by atoms with van der Waals surface area (Å²) in [6.07, 6.45) is 0. The number of anilines is 1. The van der Waals surface area contributed by atoms with E-state index in [0.717, 1.165) is 9.87 Å². The minimum Gasteiger partial charge on any atom is -0.494 e. The average molecular weight is 459 g/mol. The molecular formula is C23H23ClN2O4S. The largest absolute Gasteiger partial charge is 0.494 e. The molecule has 0 saturated carbocycles. The smallest absolute Gasteiger partial charge is 0.264 e. The third kappa shape index (κ3) is 5.99. The molecule has 6 nitrogen and oxygen atoms in total. The fraction of sp³-hybridized carbons (Fsp3) is 0.174. The summed E-state index contributed by atoms with van der Waals surface area (Å²) in [6.45, 7) is 2.30. The quantitative estimate of drug-likeness (QED) is 0.520. The number of carbonyl (C=O) groups is 1. The number of hydrogen-bond acceptors (Lipinski definition) is 4. The number of nitrogens with one attached hydrogen (secondary N) is 1. The second kappa shape index (κ2) is 10.3. The van der Waals surface area contributed by atoms with Gasteiger partial charge >= 0.3 is 0 Å². The van der Waals surface area contributed by atoms with Crippen LogP contribution >= 0.6 is 11.6 Å². The van der Waals surface area contributed by atoms with Crippen molar-refractivity contribution in [1.82, 2.24) is 5.32 Å². The van der Waals surface area contributed by atoms with Crippen LogP contribution in [0.2, 0.25) is 5.02 Å². The van der Waals surface area contributed by atoms with E-state index in [9.17, 15) is 13.2 Å². The summed E-state index contributed by atoms with van der Waals surface area (Å²) < 4.78 is 33.0. The van der Waals surface area contributed by atoms with Crippen molar-refractivity contribution in [2.75, 3.05) is 17.5 Å². The molecule has 0 aliphatic rings. The number of ether oxygens (including phenoxy) is 1. The van der Waals surface area contributed by atoms with Gasteiger partial charge in [-0.05, 0) is 55.0 Å². The number of benzene rings is 3. The summed E-state index contributed by atoms with van der Waals surface area (Å²) in [4.78, 5) is 12.8. The van der Waals surface area contributed by atoms with E-state index in [2.05, 4.69) is 5.32 Å². The lowest BCUT2D eigenvalue weighted by Gasteiger charge is -2.24. The van der Waals surface area contributed by atoms with Gasteiger partial charge in [0, 0.05) is 11.6 Å². The number of sulfonamides is 1. The third-order valence-electron chi connectivity index (χ3n) is 4.41. The van der Waals surface area contributed by atoms with Gasteiger partial charge in [0.2, 0.25) is 5.91 Å². The zero-order chi connectivity index (χ0) is 22.3. The topological polar surface area (TPSA) is 75.7 Å². The van der Waals surface area contributed by atoms with Gasteiger partial charge in [0.1, 0.15) is 12.3 Å². The highest BCUT2D eigenvalue weighted by molar-refractivity contribution is 7.92. The maximum absolute atomic E-state index is 13.3. The first-order valence-corrected chi connectivity index (χ1v) is 11.5. The highest BCUT2D eigenvalue weighted by atomic mass is 35.5. The number of hydrogen-bond donors (Lipinski definition) is 1. The number of halogens is 1. The van der Waals surface area contributed by atoms with Gasteiger partial charge in [-0.25, -0.2) is 8.42 Å². The fourth-order valence-corrected chi connectivity index (χ4v) is 4.58. The second-order valence-electron chi connectivity index (χ2n) is 6.66. The van der Waals surface area contributed by atoms with Crippen LogP contribution in [0.4, 0.5) is 5.69 Å². The Labute approximate surface area is 187 Å². The summed E-state index contributed by atoms with van der Waals surface area (Å²) in [5.74, 6) is 0.266. The molecule has 3 aromatic carbocycles. The van der Waals surface area contributed by atoms with Crippen molar-refractivity contribution in [3.63, 3.8) is 0 Å². The van der Waals surface area contributed by atoms with Crippen LogP contribution in [0.1, 0.15) is 12.5 Å². The highest BCUT2D eigenvalue weighted by Gasteiger charge is 2.27. The molecule has 0 unspecified atom stereocenters. The molecule has 0 heterocycles. The van der Waals surface area contributed by atoms with Crippen LogP contribution in [0.5, 0.6) is 5.75 Å². The third-order valence-corrected chi connectivity index (χ3v) is 6.44. The van der Waals surface area contributed by atoms with Gasteiger partial charge in [0.25, 0.3) is 10.0 Å². The van der Waals surface area contributed by atoms with Crippen molar-refractivity contribution >= 4 is 33.2 Å². The molecule has 0 spiro atoms. The fourth-order valence-electron chi connectivity index (χ4n) is 2.96. The molecule has 3 rings (SSSR count). The van der Waals surface area contributed by atoms with Gasteiger partial charge in [-0.15, -0.1) is 0 Å². The first-order chi connectivity index (χ1) is 14.9. The van der Waals surface area contributed by atoms with Crippen molar-refractivity contribution in [1.29, 1.82) is 0 Å². The summed E-state index contributed by atoms with van der Waals surface area (Å²) in [6, 6.07) is 21.7. The van der Waals surface area contributed by atoms with E-state index in [1.807, 2.05) is 31.2 Å². The van der Waals surface area contributed by atoms with Crippen LogP contribution in [0.3, 0.4) is 0 Å². The van der Waals surface area contributed by atoms with Crippen LogP contribution in [0, 0.1) is 0 Å². The van der Waals surface area contributed by atoms with Crippen LogP contribution in [0.25, 0.3) is 0 Å². The van der Waals surface area contributed by atoms with Gasteiger partial charge in [-0.2, -0.15) is 0 Å². The Kier molecular flexibility index (Phi) is 7.55. The number of amides is 1. The zero-order valence-electron chi connectivity index (χ0n) is 17.0. The standard InChI is InChI=1S/C23H23ClN2O4S/c1-2-30-21-11-6-8-18(14-21)16-25-23(27)17-26(20-10-7-9-19(24)15-20)31(28,29)22-12-4-3-5-13-22/h3-15H,2,16-17H2,1H3,(H,25,27). The lowest BCUT2D eigenvalue weighted by molar-refractivity contribution is -0.119. The van der Waals surface area contributed by atoms with E-state index in [-0.39, 0.29) is 18.0 Å². The molecule has 0 atom stereocenters. The molecule has 0 radical (unpaired) electrons. The molecule has 3 aromatic rings. The van der Waals surface area contributed by atoms with E-state index in [4.69, 9.17) is 16.3 Å². The van der Waals surface area contributed by atoms with E-state index in [1.165, 1.54) is 18.2 Å². The summed E-state index contributed by atoms with van der Waals surface area (Å²) >= 11 is 6.07. The van der Waals surface area contributed by atoms with Gasteiger partial charge in [0.15, 0.2) is 0 Å². The van der Waals surface area contributed by atoms with Crippen molar-refractivity contribution < 1.29 is 17.9 Å². The predicted molar refractivity (Wildman–Crippen MR) is 122 cm³/mol. The highest BCUT2D eigenvalue weighted by Crippen LogP contribution is 2.26. The molecule has 1 N–H and O–H groups in total. The van der Waals surface area contributed by atoms with Crippen molar-refractivity contribution in [2.24, 2.45) is 0 Å². The molecule has 0 bridgehead atoms. The molecule has 0 aromatic heterocycles. The second-order valence-corrected chi connectivity index (χ2v) is 8.96. The lowest BCUT2D eigenvalue weighted by atomic mass is 10.2. The normalized spacial score (nSPS) is 11.0. The minimum atomic E-state index is -3.97. The van der Waals surface area contributed by atoms with E-state index in [1.54, 1.807) is 36.4 Å². The maximum atomic E-state index is 13.3. The van der Waals surface area contributed by atoms with Gasteiger partial charge in [0.05, 0.1) is 17.2 Å². The van der Waals surface area contributed by atoms with E-state index < -0.39 is 15.9 Å². The Hall–Kier alpha value is -3.03. The molecule has 0 fully saturated rings. The van der Waals surface area contributed by atoms with Crippen LogP contribution in [0.15, 0.2) is 83.8 Å². The van der Waals surface area contributed by atoms with Crippen LogP contribution in [-0.2, 0) is 21.4 Å². The average Bonchev–Trinajstić information content (AvgIpc) is 2.77. The van der Waals surface area contributed by atoms with Crippen molar-refractivity contribution in [2.45, 2.75) is 18.4 Å². The summed E-state index contributed by atoms with van der Waals surface area (Å²) in [5, 5.41) is 3.15. The number of carbonyl (C=O) groups excluding carboxylic acids is 1. The monoisotopic (exact) mass is 458 g/mol. The molecule has 1 amide bonds. The number of nitrogens with zero attached hydrogens (tertiary/aromatic N) is 1. The Morgan fingerprint density at radius 3 is 2.45 bits per heavy atom. The Bertz CT molecular complexity index is 1140.